The molecule has 8 heteroatoms. The first-order valence-corrected chi connectivity index (χ1v) is 22.7. The molecule has 1 rings (SSSR count). The van der Waals surface area contributed by atoms with E-state index in [1.807, 2.05) is 0 Å². The standard InChI is InChI=1S/C13H22N.6ClH.Sb/c1-4-14(5-2,6-3)12-13-10-8-7-9-11-13;;;;;;;/h7-11H,4-6,12H2,1-3H3;6*1H;/q+1;;;;;;;+5/p-6. The average Bonchev–Trinajstić information content (AvgIpc) is 2.34. The molecule has 0 radical (unpaired) electrons. The molecule has 1 nitrogen and oxygen atoms in total. The first-order chi connectivity index (χ1) is 9.00. The number of nitrogens with zero attached hydrogens (tertiary/aromatic N) is 1. The van der Waals surface area contributed by atoms with Crippen LogP contribution in [0.1, 0.15) is 26.3 Å². The number of hydrogen-bond donors (Lipinski definition) is 0. The molecule has 0 bridgehead atoms. The Balaban J connectivity index is 0. The molecule has 126 valence electrons. The van der Waals surface area contributed by atoms with Crippen molar-refractivity contribution in [3.05, 3.63) is 35.9 Å². The Morgan fingerprint density at radius 2 is 1.14 bits per heavy atom. The van der Waals surface area contributed by atoms with Gasteiger partial charge in [0.15, 0.2) is 0 Å². The van der Waals surface area contributed by atoms with Crippen molar-refractivity contribution in [1.29, 1.82) is 0 Å². The van der Waals surface area contributed by atoms with E-state index in [0.29, 0.717) is 0 Å². The molecule has 0 fully saturated rings. The topological polar surface area (TPSA) is 0 Å². The van der Waals surface area contributed by atoms with Crippen LogP contribution in [0.3, 0.4) is 0 Å². The molecule has 0 unspecified atom stereocenters. The third-order valence-corrected chi connectivity index (χ3v) is 3.37. The van der Waals surface area contributed by atoms with E-state index in [4.69, 9.17) is 44.1 Å². The van der Waals surface area contributed by atoms with Gasteiger partial charge in [0.1, 0.15) is 6.54 Å². The van der Waals surface area contributed by atoms with Crippen LogP contribution in [0.15, 0.2) is 30.3 Å². The SMILES string of the molecule is CC[N+](CC)(CC)Cc1ccccc1.[Cl-].[Cl][Sb]([Cl])([Cl])([Cl])[Cl]. The number of halogens is 6. The Kier molecular flexibility index (Phi) is 12.6. The summed E-state index contributed by atoms with van der Waals surface area (Å²) in [5, 5.41) is 0. The van der Waals surface area contributed by atoms with Gasteiger partial charge in [0.25, 0.3) is 0 Å². The summed E-state index contributed by atoms with van der Waals surface area (Å²) in [4.78, 5) is 0. The second kappa shape index (κ2) is 10.6. The van der Waals surface area contributed by atoms with Gasteiger partial charge in [-0.3, -0.25) is 0 Å². The number of rotatable bonds is 5. The summed E-state index contributed by atoms with van der Waals surface area (Å²) >= 11 is -4.33. The van der Waals surface area contributed by atoms with Crippen molar-refractivity contribution in [1.82, 2.24) is 0 Å². The zero-order valence-electron chi connectivity index (χ0n) is 12.4. The van der Waals surface area contributed by atoms with Crippen LogP contribution < -0.4 is 12.4 Å². The van der Waals surface area contributed by atoms with Gasteiger partial charge in [-0.05, 0) is 20.8 Å². The van der Waals surface area contributed by atoms with Gasteiger partial charge in [0.05, 0.1) is 19.6 Å². The molecular weight excluding hydrogens is 505 g/mol. The Morgan fingerprint density at radius 1 is 0.810 bits per heavy atom. The van der Waals surface area contributed by atoms with Crippen LogP contribution in [0.25, 0.3) is 0 Å². The molecule has 1 aromatic rings. The summed E-state index contributed by atoms with van der Waals surface area (Å²) in [5.41, 5.74) is 1.46. The van der Waals surface area contributed by atoms with Crippen LogP contribution in [-0.2, 0) is 6.54 Å². The minimum absolute atomic E-state index is 0. The van der Waals surface area contributed by atoms with E-state index in [2.05, 4.69) is 51.1 Å². The zero-order valence-corrected chi connectivity index (χ0v) is 19.5. The van der Waals surface area contributed by atoms with Crippen molar-refractivity contribution in [3.8, 4) is 0 Å². The third-order valence-electron chi connectivity index (χ3n) is 3.37. The molecule has 0 aliphatic rings. The van der Waals surface area contributed by atoms with E-state index < -0.39 is 11.7 Å². The molecule has 21 heavy (non-hydrogen) atoms. The number of quaternary nitrogens is 1. The molecule has 0 spiro atoms. The fourth-order valence-electron chi connectivity index (χ4n) is 1.98. The van der Waals surface area contributed by atoms with Crippen molar-refractivity contribution in [3.63, 3.8) is 0 Å². The first kappa shape index (κ1) is 25.0. The molecule has 0 saturated carbocycles. The van der Waals surface area contributed by atoms with E-state index in [9.17, 15) is 0 Å². The maximum atomic E-state index is 5.05. The number of hydrogen-bond acceptors (Lipinski definition) is 0. The Bertz CT molecular complexity index is 361. The molecule has 0 N–H and O–H groups in total. The molecule has 0 heterocycles. The molecule has 0 aromatic heterocycles. The monoisotopic (exact) mass is 523 g/mol. The summed E-state index contributed by atoms with van der Waals surface area (Å²) < 4.78 is 1.20. The van der Waals surface area contributed by atoms with Gasteiger partial charge in [-0.25, -0.2) is 0 Å². The second-order valence-corrected chi connectivity index (χ2v) is 42.5. The van der Waals surface area contributed by atoms with Crippen molar-refractivity contribution in [2.75, 3.05) is 19.6 Å². The molecule has 0 atom stereocenters. The minimum atomic E-state index is -4.33. The maximum absolute atomic E-state index is 5.05. The van der Waals surface area contributed by atoms with Gasteiger partial charge in [-0.2, -0.15) is 0 Å². The molecule has 0 aliphatic heterocycles. The molecule has 0 amide bonds. The predicted octanol–water partition coefficient (Wildman–Crippen LogP) is 3.13. The third kappa shape index (κ3) is 15.0. The van der Waals surface area contributed by atoms with Crippen LogP contribution in [0, 0.1) is 0 Å². The van der Waals surface area contributed by atoms with Crippen LogP contribution in [0.5, 0.6) is 0 Å². The molecule has 0 saturated heterocycles. The van der Waals surface area contributed by atoms with Crippen LogP contribution in [0.2, 0.25) is 0 Å². The summed E-state index contributed by atoms with van der Waals surface area (Å²) in [5.74, 6) is 0. The molecule has 1 aromatic carbocycles. The Morgan fingerprint density at radius 3 is 1.43 bits per heavy atom. The van der Waals surface area contributed by atoms with E-state index in [-0.39, 0.29) is 12.4 Å². The van der Waals surface area contributed by atoms with Crippen molar-refractivity contribution < 1.29 is 16.9 Å². The summed E-state index contributed by atoms with van der Waals surface area (Å²) in [6, 6.07) is 10.8. The fourth-order valence-corrected chi connectivity index (χ4v) is 1.98. The van der Waals surface area contributed by atoms with E-state index >= 15 is 0 Å². The Hall–Kier alpha value is 1.74. The second-order valence-electron chi connectivity index (χ2n) is 4.57. The Labute approximate surface area is 154 Å². The van der Waals surface area contributed by atoms with Gasteiger partial charge < -0.3 is 16.9 Å². The summed E-state index contributed by atoms with van der Waals surface area (Å²) in [6.07, 6.45) is 0. The summed E-state index contributed by atoms with van der Waals surface area (Å²) in [6.45, 7) is 11.7. The zero-order chi connectivity index (χ0) is 15.9. The van der Waals surface area contributed by atoms with Crippen molar-refractivity contribution >= 4 is 55.8 Å². The van der Waals surface area contributed by atoms with Gasteiger partial charge in [0, 0.05) is 5.56 Å². The number of benzene rings is 1. The van der Waals surface area contributed by atoms with Gasteiger partial charge in [-0.15, -0.1) is 0 Å². The molecule has 0 aliphatic carbocycles. The molecular formula is C13H22Cl6NSb. The van der Waals surface area contributed by atoms with E-state index in [0.717, 1.165) is 0 Å². The van der Waals surface area contributed by atoms with Gasteiger partial charge in [0.2, 0.25) is 0 Å². The summed E-state index contributed by atoms with van der Waals surface area (Å²) in [7, 11) is 25.2. The van der Waals surface area contributed by atoms with E-state index in [1.165, 1.54) is 36.2 Å². The van der Waals surface area contributed by atoms with Gasteiger partial charge >= 0.3 is 55.8 Å². The first-order valence-electron chi connectivity index (χ1n) is 6.50. The van der Waals surface area contributed by atoms with E-state index in [1.54, 1.807) is 0 Å². The van der Waals surface area contributed by atoms with Crippen LogP contribution in [0.4, 0.5) is 0 Å². The fraction of sp³-hybridized carbons (Fsp3) is 0.538. The predicted molar refractivity (Wildman–Crippen MR) is 97.0 cm³/mol. The quantitative estimate of drug-likeness (QED) is 0.409. The normalized spacial score (nSPS) is 13.2. The van der Waals surface area contributed by atoms with Crippen LogP contribution >= 0.6 is 44.1 Å². The van der Waals surface area contributed by atoms with Crippen LogP contribution in [-0.4, -0.2) is 35.8 Å². The van der Waals surface area contributed by atoms with Gasteiger partial charge in [-0.1, -0.05) is 30.3 Å². The van der Waals surface area contributed by atoms with Crippen molar-refractivity contribution in [2.24, 2.45) is 0 Å². The van der Waals surface area contributed by atoms with Crippen molar-refractivity contribution in [2.45, 2.75) is 27.3 Å². The average molecular weight is 527 g/mol.